The van der Waals surface area contributed by atoms with Gasteiger partial charge >= 0.3 is 0 Å². The predicted octanol–water partition coefficient (Wildman–Crippen LogP) is 5.24. The number of rotatable bonds is 2. The standard InChI is InChI=1S/C17H15BrN2/c1-11-5-4-8-15(19)17(11)20-16-10-9-14(18)12-6-2-3-7-13(12)16/h2-10,20H,19H2,1H3. The highest BCUT2D eigenvalue weighted by atomic mass is 79.9. The van der Waals surface area contributed by atoms with Crippen molar-refractivity contribution in [3.05, 3.63) is 64.6 Å². The van der Waals surface area contributed by atoms with Gasteiger partial charge in [-0.15, -0.1) is 0 Å². The van der Waals surface area contributed by atoms with Crippen LogP contribution in [0.3, 0.4) is 0 Å². The van der Waals surface area contributed by atoms with Crippen LogP contribution in [0.25, 0.3) is 10.8 Å². The van der Waals surface area contributed by atoms with Crippen molar-refractivity contribution < 1.29 is 0 Å². The zero-order valence-corrected chi connectivity index (χ0v) is 12.7. The molecule has 0 aliphatic carbocycles. The SMILES string of the molecule is Cc1cccc(N)c1Nc1ccc(Br)c2ccccc12. The third kappa shape index (κ3) is 2.25. The van der Waals surface area contributed by atoms with E-state index in [1.54, 1.807) is 0 Å². The molecule has 0 heterocycles. The topological polar surface area (TPSA) is 38.0 Å². The van der Waals surface area contributed by atoms with Gasteiger partial charge in [0.15, 0.2) is 0 Å². The molecular formula is C17H15BrN2. The van der Waals surface area contributed by atoms with Gasteiger partial charge in [0.25, 0.3) is 0 Å². The summed E-state index contributed by atoms with van der Waals surface area (Å²) in [4.78, 5) is 0. The minimum atomic E-state index is 0.761. The summed E-state index contributed by atoms with van der Waals surface area (Å²) in [5.41, 5.74) is 10.0. The molecule has 0 unspecified atom stereocenters. The Morgan fingerprint density at radius 1 is 0.900 bits per heavy atom. The molecule has 0 bridgehead atoms. The van der Waals surface area contributed by atoms with E-state index in [1.165, 1.54) is 10.8 Å². The Morgan fingerprint density at radius 2 is 1.65 bits per heavy atom. The Labute approximate surface area is 126 Å². The molecule has 0 aliphatic heterocycles. The highest BCUT2D eigenvalue weighted by Gasteiger charge is 2.07. The smallest absolute Gasteiger partial charge is 0.0647 e. The molecule has 0 saturated carbocycles. The summed E-state index contributed by atoms with van der Waals surface area (Å²) in [5.74, 6) is 0. The lowest BCUT2D eigenvalue weighted by Gasteiger charge is -2.15. The van der Waals surface area contributed by atoms with Crippen molar-refractivity contribution >= 4 is 43.8 Å². The van der Waals surface area contributed by atoms with Crippen LogP contribution in [0.2, 0.25) is 0 Å². The van der Waals surface area contributed by atoms with Crippen molar-refractivity contribution in [3.63, 3.8) is 0 Å². The molecule has 0 amide bonds. The van der Waals surface area contributed by atoms with E-state index >= 15 is 0 Å². The van der Waals surface area contributed by atoms with E-state index < -0.39 is 0 Å². The molecule has 100 valence electrons. The number of nitrogens with two attached hydrogens (primary N) is 1. The summed E-state index contributed by atoms with van der Waals surface area (Å²) in [7, 11) is 0. The van der Waals surface area contributed by atoms with E-state index in [9.17, 15) is 0 Å². The Bertz CT molecular complexity index is 761. The van der Waals surface area contributed by atoms with Crippen LogP contribution in [0, 0.1) is 6.92 Å². The third-order valence-electron chi connectivity index (χ3n) is 3.44. The van der Waals surface area contributed by atoms with Gasteiger partial charge in [-0.2, -0.15) is 0 Å². The van der Waals surface area contributed by atoms with Crippen molar-refractivity contribution in [2.75, 3.05) is 11.1 Å². The number of nitrogen functional groups attached to an aromatic ring is 1. The largest absolute Gasteiger partial charge is 0.397 e. The lowest BCUT2D eigenvalue weighted by atomic mass is 10.1. The first-order chi connectivity index (χ1) is 9.66. The monoisotopic (exact) mass is 326 g/mol. The van der Waals surface area contributed by atoms with Crippen LogP contribution < -0.4 is 11.1 Å². The van der Waals surface area contributed by atoms with Gasteiger partial charge in [-0.1, -0.05) is 52.3 Å². The van der Waals surface area contributed by atoms with E-state index in [-0.39, 0.29) is 0 Å². The van der Waals surface area contributed by atoms with Gasteiger partial charge in [-0.25, -0.2) is 0 Å². The number of fused-ring (bicyclic) bond motifs is 1. The van der Waals surface area contributed by atoms with Gasteiger partial charge in [0.2, 0.25) is 0 Å². The highest BCUT2D eigenvalue weighted by Crippen LogP contribution is 2.34. The van der Waals surface area contributed by atoms with Crippen molar-refractivity contribution in [2.45, 2.75) is 6.92 Å². The molecule has 3 heteroatoms. The zero-order chi connectivity index (χ0) is 14.1. The van der Waals surface area contributed by atoms with Crippen molar-refractivity contribution in [1.29, 1.82) is 0 Å². The summed E-state index contributed by atoms with van der Waals surface area (Å²) in [6.07, 6.45) is 0. The number of aryl methyl sites for hydroxylation is 1. The Kier molecular flexibility index (Phi) is 3.36. The van der Waals surface area contributed by atoms with Gasteiger partial charge in [-0.3, -0.25) is 0 Å². The van der Waals surface area contributed by atoms with Crippen LogP contribution >= 0.6 is 15.9 Å². The molecule has 3 aromatic rings. The van der Waals surface area contributed by atoms with Crippen LogP contribution in [0.5, 0.6) is 0 Å². The van der Waals surface area contributed by atoms with Crippen molar-refractivity contribution in [3.8, 4) is 0 Å². The molecule has 0 fully saturated rings. The molecular weight excluding hydrogens is 312 g/mol. The number of benzene rings is 3. The number of anilines is 3. The molecule has 3 aromatic carbocycles. The second-order valence-corrected chi connectivity index (χ2v) is 5.66. The van der Waals surface area contributed by atoms with Crippen molar-refractivity contribution in [1.82, 2.24) is 0 Å². The molecule has 0 aliphatic rings. The summed E-state index contributed by atoms with van der Waals surface area (Å²) in [5, 5.41) is 5.82. The van der Waals surface area contributed by atoms with Crippen LogP contribution in [0.1, 0.15) is 5.56 Å². The fourth-order valence-electron chi connectivity index (χ4n) is 2.37. The average molecular weight is 327 g/mol. The predicted molar refractivity (Wildman–Crippen MR) is 90.5 cm³/mol. The van der Waals surface area contributed by atoms with Gasteiger partial charge in [0.1, 0.15) is 0 Å². The fraction of sp³-hybridized carbons (Fsp3) is 0.0588. The molecule has 0 atom stereocenters. The third-order valence-corrected chi connectivity index (χ3v) is 4.13. The number of hydrogen-bond donors (Lipinski definition) is 2. The first-order valence-corrected chi connectivity index (χ1v) is 7.25. The lowest BCUT2D eigenvalue weighted by molar-refractivity contribution is 1.44. The summed E-state index contributed by atoms with van der Waals surface area (Å²) in [6.45, 7) is 2.06. The van der Waals surface area contributed by atoms with Gasteiger partial charge in [-0.05, 0) is 36.1 Å². The fourth-order valence-corrected chi connectivity index (χ4v) is 2.85. The summed E-state index contributed by atoms with van der Waals surface area (Å²) in [6, 6.07) is 18.4. The maximum atomic E-state index is 6.07. The first-order valence-electron chi connectivity index (χ1n) is 6.46. The number of halogens is 1. The van der Waals surface area contributed by atoms with E-state index in [2.05, 4.69) is 58.5 Å². The van der Waals surface area contributed by atoms with Crippen LogP contribution in [0.15, 0.2) is 59.1 Å². The molecule has 0 spiro atoms. The zero-order valence-electron chi connectivity index (χ0n) is 11.2. The highest BCUT2D eigenvalue weighted by molar-refractivity contribution is 9.10. The Hall–Kier alpha value is -2.00. The van der Waals surface area contributed by atoms with E-state index in [4.69, 9.17) is 5.73 Å². The second kappa shape index (κ2) is 5.17. The minimum Gasteiger partial charge on any atom is -0.397 e. The lowest BCUT2D eigenvalue weighted by Crippen LogP contribution is -1.99. The summed E-state index contributed by atoms with van der Waals surface area (Å²) >= 11 is 3.59. The molecule has 3 rings (SSSR count). The van der Waals surface area contributed by atoms with Gasteiger partial charge in [0, 0.05) is 15.5 Å². The molecule has 0 radical (unpaired) electrons. The first kappa shape index (κ1) is 13.0. The second-order valence-electron chi connectivity index (χ2n) is 4.80. The normalized spacial score (nSPS) is 10.7. The number of nitrogens with one attached hydrogen (secondary N) is 1. The number of hydrogen-bond acceptors (Lipinski definition) is 2. The van der Waals surface area contributed by atoms with E-state index in [0.717, 1.165) is 27.1 Å². The Balaban J connectivity index is 2.14. The molecule has 0 saturated heterocycles. The average Bonchev–Trinajstić information content (AvgIpc) is 2.46. The molecule has 3 N–H and O–H groups in total. The quantitative estimate of drug-likeness (QED) is 0.632. The minimum absolute atomic E-state index is 0.761. The molecule has 0 aromatic heterocycles. The van der Waals surface area contributed by atoms with E-state index in [1.807, 2.05) is 24.3 Å². The number of para-hydroxylation sites is 1. The maximum absolute atomic E-state index is 6.07. The van der Waals surface area contributed by atoms with Crippen LogP contribution in [-0.4, -0.2) is 0 Å². The van der Waals surface area contributed by atoms with E-state index in [0.29, 0.717) is 0 Å². The van der Waals surface area contributed by atoms with Crippen LogP contribution in [-0.2, 0) is 0 Å². The van der Waals surface area contributed by atoms with Gasteiger partial charge < -0.3 is 11.1 Å². The van der Waals surface area contributed by atoms with Crippen LogP contribution in [0.4, 0.5) is 17.1 Å². The van der Waals surface area contributed by atoms with Crippen molar-refractivity contribution in [2.24, 2.45) is 0 Å². The Morgan fingerprint density at radius 3 is 2.40 bits per heavy atom. The maximum Gasteiger partial charge on any atom is 0.0647 e. The van der Waals surface area contributed by atoms with Gasteiger partial charge in [0.05, 0.1) is 11.4 Å². The molecule has 2 nitrogen and oxygen atoms in total. The summed E-state index contributed by atoms with van der Waals surface area (Å²) < 4.78 is 1.09. The molecule has 20 heavy (non-hydrogen) atoms.